The fraction of sp³-hybridized carbons (Fsp3) is 0.562. The monoisotopic (exact) mass is 308 g/mol. The van der Waals surface area contributed by atoms with E-state index in [1.165, 1.54) is 5.56 Å². The number of carbonyl (C=O) groups is 1. The summed E-state index contributed by atoms with van der Waals surface area (Å²) < 4.78 is 0. The Hall–Kier alpha value is -1.20. The summed E-state index contributed by atoms with van der Waals surface area (Å²) in [4.78, 5) is 11.9. The molecule has 0 bridgehead atoms. The lowest BCUT2D eigenvalue weighted by molar-refractivity contribution is 0.231. The van der Waals surface area contributed by atoms with Gasteiger partial charge in [-0.2, -0.15) is 11.8 Å². The average molecular weight is 308 g/mol. The number of urea groups is 1. The van der Waals surface area contributed by atoms with Gasteiger partial charge in [0, 0.05) is 24.9 Å². The highest BCUT2D eigenvalue weighted by molar-refractivity contribution is 7.98. The summed E-state index contributed by atoms with van der Waals surface area (Å²) in [5.41, 5.74) is 1.37. The van der Waals surface area contributed by atoms with Crippen molar-refractivity contribution < 1.29 is 9.90 Å². The molecule has 2 rings (SSSR count). The van der Waals surface area contributed by atoms with Gasteiger partial charge in [-0.15, -0.1) is 0 Å². The fourth-order valence-electron chi connectivity index (χ4n) is 2.60. The SMILES string of the molecule is CSCC(CCO)NC(=O)NCC1CC1c1ccccc1. The van der Waals surface area contributed by atoms with Gasteiger partial charge < -0.3 is 15.7 Å². The largest absolute Gasteiger partial charge is 0.396 e. The number of amides is 2. The zero-order chi connectivity index (χ0) is 15.1. The van der Waals surface area contributed by atoms with Crippen molar-refractivity contribution in [1.29, 1.82) is 0 Å². The first-order chi connectivity index (χ1) is 10.2. The minimum atomic E-state index is -0.124. The molecule has 116 valence electrons. The van der Waals surface area contributed by atoms with Gasteiger partial charge in [-0.3, -0.25) is 0 Å². The Labute approximate surface area is 130 Å². The van der Waals surface area contributed by atoms with E-state index in [-0.39, 0.29) is 18.7 Å². The second-order valence-electron chi connectivity index (χ2n) is 5.53. The van der Waals surface area contributed by atoms with E-state index in [1.807, 2.05) is 12.3 Å². The Bertz CT molecular complexity index is 435. The number of benzene rings is 1. The Morgan fingerprint density at radius 1 is 1.43 bits per heavy atom. The van der Waals surface area contributed by atoms with Gasteiger partial charge in [0.25, 0.3) is 0 Å². The van der Waals surface area contributed by atoms with Crippen LogP contribution in [-0.4, -0.2) is 42.3 Å². The third kappa shape index (κ3) is 5.25. The predicted molar refractivity (Wildman–Crippen MR) is 87.7 cm³/mol. The van der Waals surface area contributed by atoms with Crippen LogP contribution < -0.4 is 10.6 Å². The molecule has 21 heavy (non-hydrogen) atoms. The Morgan fingerprint density at radius 3 is 2.86 bits per heavy atom. The van der Waals surface area contributed by atoms with E-state index in [2.05, 4.69) is 34.9 Å². The third-order valence-electron chi connectivity index (χ3n) is 3.86. The predicted octanol–water partition coefficient (Wildman–Crippen LogP) is 2.20. The smallest absolute Gasteiger partial charge is 0.315 e. The molecular weight excluding hydrogens is 284 g/mol. The average Bonchev–Trinajstić information content (AvgIpc) is 3.26. The Balaban J connectivity index is 1.68. The van der Waals surface area contributed by atoms with E-state index in [0.717, 1.165) is 18.7 Å². The number of carbonyl (C=O) groups excluding carboxylic acids is 1. The van der Waals surface area contributed by atoms with Crippen LogP contribution in [0, 0.1) is 5.92 Å². The van der Waals surface area contributed by atoms with Crippen LogP contribution in [0.4, 0.5) is 4.79 Å². The normalized spacial score (nSPS) is 21.6. The minimum absolute atomic E-state index is 0.0362. The lowest BCUT2D eigenvalue weighted by Gasteiger charge is -2.17. The number of thioether (sulfide) groups is 1. The topological polar surface area (TPSA) is 61.4 Å². The van der Waals surface area contributed by atoms with E-state index in [9.17, 15) is 4.79 Å². The second-order valence-corrected chi connectivity index (χ2v) is 6.44. The van der Waals surface area contributed by atoms with Gasteiger partial charge in [0.2, 0.25) is 0 Å². The molecule has 0 heterocycles. The van der Waals surface area contributed by atoms with Gasteiger partial charge >= 0.3 is 6.03 Å². The molecule has 1 aromatic rings. The maximum atomic E-state index is 11.9. The number of aliphatic hydroxyl groups excluding tert-OH is 1. The van der Waals surface area contributed by atoms with Gasteiger partial charge in [0.05, 0.1) is 0 Å². The van der Waals surface area contributed by atoms with E-state index < -0.39 is 0 Å². The lowest BCUT2D eigenvalue weighted by atomic mass is 10.1. The summed E-state index contributed by atoms with van der Waals surface area (Å²) in [6, 6.07) is 10.4. The second kappa shape index (κ2) is 8.29. The molecule has 5 heteroatoms. The van der Waals surface area contributed by atoms with Crippen molar-refractivity contribution >= 4 is 17.8 Å². The number of hydrogen-bond acceptors (Lipinski definition) is 3. The number of rotatable bonds is 8. The Morgan fingerprint density at radius 2 is 2.19 bits per heavy atom. The van der Waals surface area contributed by atoms with Gasteiger partial charge in [0.1, 0.15) is 0 Å². The molecule has 0 saturated heterocycles. The third-order valence-corrected chi connectivity index (χ3v) is 4.59. The van der Waals surface area contributed by atoms with Crippen molar-refractivity contribution in [2.45, 2.75) is 24.8 Å². The van der Waals surface area contributed by atoms with Gasteiger partial charge in [-0.05, 0) is 36.5 Å². The summed E-state index contributed by atoms with van der Waals surface area (Å²) in [7, 11) is 0. The molecule has 3 N–H and O–H groups in total. The molecular formula is C16H24N2O2S. The molecule has 1 aliphatic rings. The molecule has 0 spiro atoms. The van der Waals surface area contributed by atoms with Crippen LogP contribution in [-0.2, 0) is 0 Å². The molecule has 1 aliphatic carbocycles. The van der Waals surface area contributed by atoms with Crippen LogP contribution in [0.2, 0.25) is 0 Å². The zero-order valence-corrected chi connectivity index (χ0v) is 13.2. The molecule has 2 amide bonds. The number of hydrogen-bond donors (Lipinski definition) is 3. The molecule has 0 aromatic heterocycles. The van der Waals surface area contributed by atoms with Crippen molar-refractivity contribution in [1.82, 2.24) is 10.6 Å². The van der Waals surface area contributed by atoms with Gasteiger partial charge in [-0.1, -0.05) is 30.3 Å². The van der Waals surface area contributed by atoms with Gasteiger partial charge in [-0.25, -0.2) is 4.79 Å². The van der Waals surface area contributed by atoms with Crippen LogP contribution in [0.25, 0.3) is 0 Å². The number of nitrogens with one attached hydrogen (secondary N) is 2. The minimum Gasteiger partial charge on any atom is -0.396 e. The standard InChI is InChI=1S/C16H24N2O2S/c1-21-11-14(7-8-19)18-16(20)17-10-13-9-15(13)12-5-3-2-4-6-12/h2-6,13-15,19H,7-11H2,1H3,(H2,17,18,20). The van der Waals surface area contributed by atoms with Crippen molar-refractivity contribution in [3.8, 4) is 0 Å². The van der Waals surface area contributed by atoms with E-state index in [0.29, 0.717) is 18.3 Å². The first kappa shape index (κ1) is 16.2. The first-order valence-electron chi connectivity index (χ1n) is 7.43. The van der Waals surface area contributed by atoms with E-state index in [4.69, 9.17) is 5.11 Å². The zero-order valence-electron chi connectivity index (χ0n) is 12.4. The van der Waals surface area contributed by atoms with Crippen LogP contribution in [0.15, 0.2) is 30.3 Å². The molecule has 1 fully saturated rings. The molecule has 1 saturated carbocycles. The molecule has 0 aliphatic heterocycles. The molecule has 3 unspecified atom stereocenters. The lowest BCUT2D eigenvalue weighted by Crippen LogP contribution is -2.44. The van der Waals surface area contributed by atoms with Crippen LogP contribution in [0.5, 0.6) is 0 Å². The number of aliphatic hydroxyl groups is 1. The summed E-state index contributed by atoms with van der Waals surface area (Å²) in [5.74, 6) is 1.96. The molecule has 0 radical (unpaired) electrons. The van der Waals surface area contributed by atoms with Gasteiger partial charge in [0.15, 0.2) is 0 Å². The van der Waals surface area contributed by atoms with E-state index >= 15 is 0 Å². The highest BCUT2D eigenvalue weighted by Gasteiger charge is 2.38. The van der Waals surface area contributed by atoms with Crippen molar-refractivity contribution in [2.75, 3.05) is 25.2 Å². The maximum Gasteiger partial charge on any atom is 0.315 e. The van der Waals surface area contributed by atoms with Crippen molar-refractivity contribution in [3.63, 3.8) is 0 Å². The summed E-state index contributed by atoms with van der Waals surface area (Å²) in [6.45, 7) is 0.820. The maximum absolute atomic E-state index is 11.9. The highest BCUT2D eigenvalue weighted by Crippen LogP contribution is 2.46. The van der Waals surface area contributed by atoms with Crippen molar-refractivity contribution in [3.05, 3.63) is 35.9 Å². The molecule has 1 aromatic carbocycles. The fourth-order valence-corrected chi connectivity index (χ4v) is 3.25. The Kier molecular flexibility index (Phi) is 6.39. The quantitative estimate of drug-likeness (QED) is 0.690. The summed E-state index contributed by atoms with van der Waals surface area (Å²) in [5, 5.41) is 14.9. The van der Waals surface area contributed by atoms with Crippen LogP contribution >= 0.6 is 11.8 Å². The first-order valence-corrected chi connectivity index (χ1v) is 8.83. The van der Waals surface area contributed by atoms with Crippen LogP contribution in [0.3, 0.4) is 0 Å². The summed E-state index contributed by atoms with van der Waals surface area (Å²) >= 11 is 1.67. The summed E-state index contributed by atoms with van der Waals surface area (Å²) in [6.07, 6.45) is 3.75. The van der Waals surface area contributed by atoms with Crippen molar-refractivity contribution in [2.24, 2.45) is 5.92 Å². The highest BCUT2D eigenvalue weighted by atomic mass is 32.2. The molecule has 4 nitrogen and oxygen atoms in total. The molecule has 3 atom stereocenters. The van der Waals surface area contributed by atoms with Crippen LogP contribution in [0.1, 0.15) is 24.3 Å². The van der Waals surface area contributed by atoms with E-state index in [1.54, 1.807) is 11.8 Å².